The Hall–Kier alpha value is -2.91. The van der Waals surface area contributed by atoms with Crippen LogP contribution in [0, 0.1) is 0 Å². The summed E-state index contributed by atoms with van der Waals surface area (Å²) < 4.78 is 1.99. The van der Waals surface area contributed by atoms with Gasteiger partial charge in [-0.25, -0.2) is 4.98 Å². The smallest absolute Gasteiger partial charge is 0.229 e. The number of fused-ring (bicyclic) bond motifs is 1. The van der Waals surface area contributed by atoms with Gasteiger partial charge < -0.3 is 30.1 Å². The summed E-state index contributed by atoms with van der Waals surface area (Å²) in [7, 11) is 0. The molecule has 4 rings (SSSR count). The molecular formula is C21H28N6O3. The van der Waals surface area contributed by atoms with Crippen molar-refractivity contribution in [3.05, 3.63) is 36.2 Å². The topological polar surface area (TPSA) is 120 Å². The van der Waals surface area contributed by atoms with Crippen molar-refractivity contribution < 1.29 is 15.3 Å². The van der Waals surface area contributed by atoms with Gasteiger partial charge in [0.25, 0.3) is 0 Å². The van der Waals surface area contributed by atoms with Crippen molar-refractivity contribution in [2.45, 2.75) is 44.8 Å². The summed E-state index contributed by atoms with van der Waals surface area (Å²) >= 11 is 0. The fourth-order valence-corrected chi connectivity index (χ4v) is 3.91. The summed E-state index contributed by atoms with van der Waals surface area (Å²) in [5.74, 6) is 1.25. The highest BCUT2D eigenvalue weighted by Gasteiger charge is 2.28. The zero-order valence-electron chi connectivity index (χ0n) is 17.2. The molecule has 0 bridgehead atoms. The molecule has 0 aliphatic carbocycles. The first-order valence-corrected chi connectivity index (χ1v) is 10.3. The van der Waals surface area contributed by atoms with E-state index in [1.807, 2.05) is 9.47 Å². The zero-order valence-corrected chi connectivity index (χ0v) is 17.2. The van der Waals surface area contributed by atoms with E-state index < -0.39 is 6.04 Å². The van der Waals surface area contributed by atoms with Crippen LogP contribution >= 0.6 is 0 Å². The van der Waals surface area contributed by atoms with Crippen molar-refractivity contribution in [2.75, 3.05) is 30.0 Å². The van der Waals surface area contributed by atoms with Crippen LogP contribution in [0.1, 0.15) is 44.3 Å². The first-order chi connectivity index (χ1) is 14.5. The predicted molar refractivity (Wildman–Crippen MR) is 115 cm³/mol. The highest BCUT2D eigenvalue weighted by atomic mass is 16.3. The summed E-state index contributed by atoms with van der Waals surface area (Å²) in [5.41, 5.74) is 2.16. The number of aromatic nitrogens is 4. The molecule has 0 radical (unpaired) electrons. The number of hydrogen-bond donors (Lipinski definition) is 4. The van der Waals surface area contributed by atoms with E-state index in [4.69, 9.17) is 9.97 Å². The summed E-state index contributed by atoms with van der Waals surface area (Å²) in [6.45, 7) is 4.82. The molecule has 30 heavy (non-hydrogen) atoms. The number of aliphatic hydroxyl groups excluding tert-OH is 2. The highest BCUT2D eigenvalue weighted by molar-refractivity contribution is 5.84. The summed E-state index contributed by atoms with van der Waals surface area (Å²) in [6, 6.07) is 6.44. The second-order valence-corrected chi connectivity index (χ2v) is 7.93. The van der Waals surface area contributed by atoms with Crippen LogP contribution in [0.2, 0.25) is 0 Å². The average molecular weight is 412 g/mol. The van der Waals surface area contributed by atoms with Crippen LogP contribution in [0.3, 0.4) is 0 Å². The Bertz CT molecular complexity index is 1000. The maximum atomic E-state index is 10.00. The van der Waals surface area contributed by atoms with Gasteiger partial charge in [-0.05, 0) is 44.4 Å². The maximum Gasteiger partial charge on any atom is 0.229 e. The molecule has 9 nitrogen and oxygen atoms in total. The van der Waals surface area contributed by atoms with Crippen LogP contribution in [0.25, 0.3) is 11.2 Å². The number of aromatic hydroxyl groups is 1. The number of phenolic OH excluding ortho intramolecular Hbond substituents is 1. The van der Waals surface area contributed by atoms with Gasteiger partial charge in [-0.1, -0.05) is 12.1 Å². The molecule has 3 aromatic rings. The first kappa shape index (κ1) is 20.4. The average Bonchev–Trinajstić information content (AvgIpc) is 3.39. The predicted octanol–water partition coefficient (Wildman–Crippen LogP) is 2.22. The summed E-state index contributed by atoms with van der Waals surface area (Å²) in [6.07, 6.45) is 3.63. The molecule has 0 spiro atoms. The quantitative estimate of drug-likeness (QED) is 0.466. The van der Waals surface area contributed by atoms with E-state index in [0.717, 1.165) is 24.9 Å². The number of phenols is 1. The minimum absolute atomic E-state index is 0.00328. The van der Waals surface area contributed by atoms with E-state index in [1.165, 1.54) is 0 Å². The number of imidazole rings is 1. The second-order valence-electron chi connectivity index (χ2n) is 7.93. The van der Waals surface area contributed by atoms with E-state index in [1.54, 1.807) is 30.6 Å². The minimum Gasteiger partial charge on any atom is -0.508 e. The van der Waals surface area contributed by atoms with Crippen LogP contribution in [-0.4, -0.2) is 60.6 Å². The molecule has 1 fully saturated rings. The van der Waals surface area contributed by atoms with Crippen molar-refractivity contribution in [2.24, 2.45) is 0 Å². The molecule has 2 aromatic heterocycles. The van der Waals surface area contributed by atoms with Gasteiger partial charge >= 0.3 is 0 Å². The fraction of sp³-hybridized carbons (Fsp3) is 0.476. The third kappa shape index (κ3) is 3.78. The highest BCUT2D eigenvalue weighted by Crippen LogP contribution is 2.30. The van der Waals surface area contributed by atoms with E-state index >= 15 is 0 Å². The molecule has 1 aliphatic heterocycles. The lowest BCUT2D eigenvalue weighted by molar-refractivity contribution is 0.265. The zero-order chi connectivity index (χ0) is 21.3. The first-order valence-electron chi connectivity index (χ1n) is 10.3. The number of nitrogens with zero attached hydrogens (tertiary/aromatic N) is 5. The van der Waals surface area contributed by atoms with Gasteiger partial charge in [0, 0.05) is 12.6 Å². The van der Waals surface area contributed by atoms with E-state index in [2.05, 4.69) is 24.1 Å². The molecule has 2 atom stereocenters. The molecule has 0 unspecified atom stereocenters. The molecular weight excluding hydrogens is 384 g/mol. The van der Waals surface area contributed by atoms with Crippen LogP contribution in [-0.2, 0) is 0 Å². The normalized spacial score (nSPS) is 17.8. The number of aliphatic hydroxyl groups is 2. The van der Waals surface area contributed by atoms with Crippen LogP contribution in [0.15, 0.2) is 30.6 Å². The van der Waals surface area contributed by atoms with Crippen molar-refractivity contribution in [3.8, 4) is 5.75 Å². The third-order valence-corrected chi connectivity index (χ3v) is 5.60. The van der Waals surface area contributed by atoms with E-state index in [0.29, 0.717) is 22.9 Å². The van der Waals surface area contributed by atoms with Crippen molar-refractivity contribution in [1.29, 1.82) is 0 Å². The van der Waals surface area contributed by atoms with Gasteiger partial charge in [-0.2, -0.15) is 9.97 Å². The molecule has 1 aliphatic rings. The number of anilines is 2. The Labute approximate surface area is 175 Å². The minimum atomic E-state index is -0.423. The lowest BCUT2D eigenvalue weighted by Gasteiger charge is -2.24. The molecule has 1 saturated heterocycles. The van der Waals surface area contributed by atoms with Gasteiger partial charge in [-0.15, -0.1) is 0 Å². The van der Waals surface area contributed by atoms with E-state index in [9.17, 15) is 15.3 Å². The Balaban J connectivity index is 1.78. The molecule has 160 valence electrons. The molecule has 1 aromatic carbocycles. The van der Waals surface area contributed by atoms with Gasteiger partial charge in [0.05, 0.1) is 31.6 Å². The number of rotatable bonds is 7. The van der Waals surface area contributed by atoms with Crippen LogP contribution in [0.5, 0.6) is 5.75 Å². The SMILES string of the molecule is CC(C)n1cnc2c(N[C@@H](CO)c3ccc(O)cc3)nc(N3CCC[C@@H]3CO)nc21. The summed E-state index contributed by atoms with van der Waals surface area (Å²) in [4.78, 5) is 16.1. The molecule has 0 saturated carbocycles. The molecule has 0 amide bonds. The monoisotopic (exact) mass is 412 g/mol. The fourth-order valence-electron chi connectivity index (χ4n) is 3.91. The number of benzene rings is 1. The Morgan fingerprint density at radius 1 is 1.17 bits per heavy atom. The maximum absolute atomic E-state index is 10.00. The van der Waals surface area contributed by atoms with E-state index in [-0.39, 0.29) is 31.0 Å². The van der Waals surface area contributed by atoms with Crippen molar-refractivity contribution >= 4 is 22.9 Å². The van der Waals surface area contributed by atoms with Gasteiger partial charge in [0.1, 0.15) is 5.75 Å². The van der Waals surface area contributed by atoms with Crippen LogP contribution < -0.4 is 10.2 Å². The van der Waals surface area contributed by atoms with Gasteiger partial charge in [0.15, 0.2) is 17.0 Å². The summed E-state index contributed by atoms with van der Waals surface area (Å²) in [5, 5.41) is 32.6. The van der Waals surface area contributed by atoms with Crippen molar-refractivity contribution in [1.82, 2.24) is 19.5 Å². The molecule has 3 heterocycles. The standard InChI is InChI=1S/C21H28N6O3/c1-13(2)27-12-22-18-19(23-17(11-29)14-5-7-16(30)8-6-14)24-21(25-20(18)27)26-9-3-4-15(26)10-28/h5-8,12-13,15,17,28-30H,3-4,9-11H2,1-2H3,(H,23,24,25)/t15-,17+/m1/s1. The number of hydrogen-bond acceptors (Lipinski definition) is 8. The van der Waals surface area contributed by atoms with Gasteiger partial charge in [-0.3, -0.25) is 0 Å². The Morgan fingerprint density at radius 2 is 1.93 bits per heavy atom. The lowest BCUT2D eigenvalue weighted by atomic mass is 10.1. The Kier molecular flexibility index (Phi) is 5.74. The van der Waals surface area contributed by atoms with Gasteiger partial charge in [0.2, 0.25) is 5.95 Å². The largest absolute Gasteiger partial charge is 0.508 e. The third-order valence-electron chi connectivity index (χ3n) is 5.60. The van der Waals surface area contributed by atoms with Crippen LogP contribution in [0.4, 0.5) is 11.8 Å². The lowest BCUT2D eigenvalue weighted by Crippen LogP contribution is -2.33. The van der Waals surface area contributed by atoms with Crippen molar-refractivity contribution in [3.63, 3.8) is 0 Å². The Morgan fingerprint density at radius 3 is 2.60 bits per heavy atom. The molecule has 9 heteroatoms. The molecule has 4 N–H and O–H groups in total. The second kappa shape index (κ2) is 8.45. The number of nitrogens with one attached hydrogen (secondary N) is 1.